The van der Waals surface area contributed by atoms with Gasteiger partial charge in [-0.25, -0.2) is 4.68 Å². The normalized spacial score (nSPS) is 24.1. The number of nitrogens with zero attached hydrogens (tertiary/aromatic N) is 4. The highest BCUT2D eigenvalue weighted by molar-refractivity contribution is 9.10. The third kappa shape index (κ3) is 7.55. The molecule has 3 atom stereocenters. The number of hydrogen-bond acceptors (Lipinski definition) is 8. The minimum absolute atomic E-state index is 0.113. The number of amides is 3. The number of carbonyl (C=O) groups is 3. The van der Waals surface area contributed by atoms with Gasteiger partial charge in [0.05, 0.1) is 24.9 Å². The Hall–Kier alpha value is -4.03. The fourth-order valence-corrected chi connectivity index (χ4v) is 9.56. The van der Waals surface area contributed by atoms with E-state index in [9.17, 15) is 19.2 Å². The predicted octanol–water partition coefficient (Wildman–Crippen LogP) is 5.55. The predicted molar refractivity (Wildman–Crippen MR) is 203 cm³/mol. The van der Waals surface area contributed by atoms with Crippen LogP contribution in [0.1, 0.15) is 103 Å². The van der Waals surface area contributed by atoms with Gasteiger partial charge in [0.15, 0.2) is 0 Å². The molecule has 1 saturated carbocycles. The largest absolute Gasteiger partial charge is 0.496 e. The first-order chi connectivity index (χ1) is 25.0. The molecule has 276 valence electrons. The van der Waals surface area contributed by atoms with Gasteiger partial charge in [-0.2, -0.15) is 5.10 Å². The summed E-state index contributed by atoms with van der Waals surface area (Å²) in [6.07, 6.45) is 10.00. The van der Waals surface area contributed by atoms with Crippen LogP contribution in [-0.2, 0) is 16.6 Å². The molecule has 1 spiro atoms. The van der Waals surface area contributed by atoms with E-state index in [1.165, 1.54) is 15.8 Å². The average Bonchev–Trinajstić information content (AvgIpc) is 3.15. The molecule has 3 aliphatic heterocycles. The molecular formula is C40H49BrN6O5. The number of imide groups is 1. The van der Waals surface area contributed by atoms with Crippen LogP contribution in [0.4, 0.5) is 5.69 Å². The molecule has 1 aromatic heterocycles. The number of piperidine rings is 3. The molecule has 0 radical (unpaired) electrons. The second-order valence-electron chi connectivity index (χ2n) is 15.5. The average molecular weight is 774 g/mol. The van der Waals surface area contributed by atoms with E-state index in [1.54, 1.807) is 20.4 Å². The van der Waals surface area contributed by atoms with E-state index in [0.717, 1.165) is 88.0 Å². The molecule has 7 rings (SSSR count). The SMILES string of the molecule is COc1cc(C2CCC3(CC2)CCN(C(=O)c2ccc([C@H]4C[C@@H](Nc5cnn(C)c(=O)c5Br)CN(C)C4)cc2)CC3)ccc1C1CCC(=O)NC1=O. The first-order valence-electron chi connectivity index (χ1n) is 18.6. The molecule has 4 heterocycles. The van der Waals surface area contributed by atoms with Crippen LogP contribution in [0.25, 0.3) is 0 Å². The lowest BCUT2D eigenvalue weighted by molar-refractivity contribution is -0.134. The van der Waals surface area contributed by atoms with Crippen molar-refractivity contribution >= 4 is 39.3 Å². The molecule has 4 aliphatic rings. The second-order valence-corrected chi connectivity index (χ2v) is 16.3. The Bertz CT molecular complexity index is 1880. The Morgan fingerprint density at radius 1 is 0.942 bits per heavy atom. The Morgan fingerprint density at radius 3 is 2.35 bits per heavy atom. The highest BCUT2D eigenvalue weighted by atomic mass is 79.9. The van der Waals surface area contributed by atoms with E-state index < -0.39 is 0 Å². The van der Waals surface area contributed by atoms with E-state index >= 15 is 0 Å². The molecule has 3 amide bonds. The summed E-state index contributed by atoms with van der Waals surface area (Å²) in [5.41, 5.74) is 4.88. The van der Waals surface area contributed by atoms with Crippen molar-refractivity contribution in [2.45, 2.75) is 81.6 Å². The van der Waals surface area contributed by atoms with Crippen molar-refractivity contribution in [1.82, 2.24) is 24.9 Å². The summed E-state index contributed by atoms with van der Waals surface area (Å²) in [4.78, 5) is 54.5. The van der Waals surface area contributed by atoms with Crippen LogP contribution < -0.4 is 20.9 Å². The lowest BCUT2D eigenvalue weighted by Gasteiger charge is -2.46. The van der Waals surface area contributed by atoms with E-state index in [0.29, 0.717) is 34.8 Å². The number of rotatable bonds is 7. The second kappa shape index (κ2) is 15.1. The molecule has 52 heavy (non-hydrogen) atoms. The topological polar surface area (TPSA) is 126 Å². The minimum Gasteiger partial charge on any atom is -0.496 e. The van der Waals surface area contributed by atoms with Gasteiger partial charge in [-0.1, -0.05) is 24.3 Å². The lowest BCUT2D eigenvalue weighted by Crippen LogP contribution is -2.44. The number of likely N-dealkylation sites (tertiary alicyclic amines) is 2. The highest BCUT2D eigenvalue weighted by Crippen LogP contribution is 2.49. The Morgan fingerprint density at radius 2 is 1.65 bits per heavy atom. The smallest absolute Gasteiger partial charge is 0.282 e. The van der Waals surface area contributed by atoms with Crippen LogP contribution in [-0.4, -0.2) is 83.7 Å². The zero-order chi connectivity index (χ0) is 36.6. The first kappa shape index (κ1) is 36.3. The van der Waals surface area contributed by atoms with E-state index in [2.05, 4.69) is 67.9 Å². The Balaban J connectivity index is 0.918. The Labute approximate surface area is 313 Å². The molecule has 2 aromatic carbocycles. The van der Waals surface area contributed by atoms with Crippen LogP contribution in [0, 0.1) is 5.41 Å². The summed E-state index contributed by atoms with van der Waals surface area (Å²) in [6, 6.07) is 14.6. The zero-order valence-corrected chi connectivity index (χ0v) is 31.9. The van der Waals surface area contributed by atoms with E-state index in [-0.39, 0.29) is 40.7 Å². The summed E-state index contributed by atoms with van der Waals surface area (Å²) in [6.45, 7) is 3.36. The monoisotopic (exact) mass is 772 g/mol. The number of nitrogens with one attached hydrogen (secondary N) is 2. The number of aromatic nitrogens is 2. The fraction of sp³-hybridized carbons (Fsp3) is 0.525. The number of methoxy groups -OCH3 is 1. The molecule has 1 aliphatic carbocycles. The van der Waals surface area contributed by atoms with E-state index in [4.69, 9.17) is 4.74 Å². The van der Waals surface area contributed by atoms with Gasteiger partial charge in [-0.05, 0) is 121 Å². The first-order valence-corrected chi connectivity index (χ1v) is 19.4. The van der Waals surface area contributed by atoms with Crippen molar-refractivity contribution in [3.8, 4) is 5.75 Å². The molecule has 4 fully saturated rings. The van der Waals surface area contributed by atoms with Crippen molar-refractivity contribution in [1.29, 1.82) is 0 Å². The number of likely N-dealkylation sites (N-methyl/N-ethyl adjacent to an activating group) is 1. The van der Waals surface area contributed by atoms with Crippen molar-refractivity contribution in [2.75, 3.05) is 45.7 Å². The highest BCUT2D eigenvalue weighted by Gasteiger charge is 2.40. The number of benzene rings is 2. The van der Waals surface area contributed by atoms with Gasteiger partial charge < -0.3 is 19.9 Å². The molecule has 11 nitrogen and oxygen atoms in total. The van der Waals surface area contributed by atoms with Gasteiger partial charge >= 0.3 is 0 Å². The van der Waals surface area contributed by atoms with Crippen molar-refractivity contribution in [3.63, 3.8) is 0 Å². The summed E-state index contributed by atoms with van der Waals surface area (Å²) in [7, 11) is 5.40. The van der Waals surface area contributed by atoms with Gasteiger partial charge in [0.1, 0.15) is 10.2 Å². The van der Waals surface area contributed by atoms with Crippen LogP contribution in [0.2, 0.25) is 0 Å². The maximum Gasteiger partial charge on any atom is 0.282 e. The van der Waals surface area contributed by atoms with Crippen LogP contribution in [0.15, 0.2) is 57.9 Å². The maximum atomic E-state index is 13.6. The molecule has 2 N–H and O–H groups in total. The summed E-state index contributed by atoms with van der Waals surface area (Å²) < 4.78 is 7.55. The van der Waals surface area contributed by atoms with Gasteiger partial charge in [-0.3, -0.25) is 24.5 Å². The molecule has 0 bridgehead atoms. The number of halogens is 1. The van der Waals surface area contributed by atoms with Gasteiger partial charge in [0.2, 0.25) is 11.8 Å². The number of anilines is 1. The zero-order valence-electron chi connectivity index (χ0n) is 30.3. The quantitative estimate of drug-likeness (QED) is 0.300. The number of carbonyl (C=O) groups excluding carboxylic acids is 3. The maximum absolute atomic E-state index is 13.6. The third-order valence-electron chi connectivity index (χ3n) is 12.2. The number of hydrogen-bond donors (Lipinski definition) is 2. The molecular weight excluding hydrogens is 724 g/mol. The van der Waals surface area contributed by atoms with Crippen molar-refractivity contribution in [3.05, 3.63) is 85.7 Å². The lowest BCUT2D eigenvalue weighted by atomic mass is 9.64. The van der Waals surface area contributed by atoms with Crippen LogP contribution in [0.5, 0.6) is 5.75 Å². The molecule has 3 aromatic rings. The number of ether oxygens (including phenoxy) is 1. The minimum atomic E-state index is -0.363. The number of aryl methyl sites for hydroxylation is 1. The van der Waals surface area contributed by atoms with E-state index in [1.807, 2.05) is 23.1 Å². The van der Waals surface area contributed by atoms with Gasteiger partial charge in [0.25, 0.3) is 11.5 Å². The summed E-state index contributed by atoms with van der Waals surface area (Å²) in [5.74, 6) is 0.756. The summed E-state index contributed by atoms with van der Waals surface area (Å²) >= 11 is 3.43. The van der Waals surface area contributed by atoms with Crippen molar-refractivity contribution < 1.29 is 19.1 Å². The van der Waals surface area contributed by atoms with Gasteiger partial charge in [0, 0.05) is 56.8 Å². The van der Waals surface area contributed by atoms with Gasteiger partial charge in [-0.15, -0.1) is 0 Å². The third-order valence-corrected chi connectivity index (χ3v) is 13.0. The molecule has 3 saturated heterocycles. The standard InChI is InChI=1S/C40H49BrN6O5/c1-45-23-29(20-30(24-45)43-33-22-42-46(2)39(51)36(33)41)25-4-6-27(7-5-25)38(50)47-18-16-40(17-19-47)14-12-26(13-15-40)28-8-9-31(34(21-28)52-3)32-10-11-35(48)44-37(32)49/h4-9,21-22,26,29-30,32,43H,10-20,23-24H2,1-3H3,(H,44,48,49)/t29-,30+,32?/m0/s1. The van der Waals surface area contributed by atoms with Crippen LogP contribution >= 0.6 is 15.9 Å². The van der Waals surface area contributed by atoms with Crippen LogP contribution in [0.3, 0.4) is 0 Å². The Kier molecular flexibility index (Phi) is 10.6. The summed E-state index contributed by atoms with van der Waals surface area (Å²) in [5, 5.41) is 10.2. The molecule has 12 heteroatoms. The fourth-order valence-electron chi connectivity index (χ4n) is 9.08. The molecule has 1 unspecified atom stereocenters. The van der Waals surface area contributed by atoms with Crippen molar-refractivity contribution in [2.24, 2.45) is 12.5 Å².